The number of likely N-dealkylation sites (tertiary alicyclic amines) is 2. The predicted octanol–water partition coefficient (Wildman–Crippen LogP) is 0.797. The maximum Gasteiger partial charge on any atom is 0.254 e. The van der Waals surface area contributed by atoms with Crippen molar-refractivity contribution in [2.75, 3.05) is 19.6 Å². The second-order valence-electron chi connectivity index (χ2n) is 6.93. The lowest BCUT2D eigenvalue weighted by Gasteiger charge is -2.37. The number of hydrogen-bond acceptors (Lipinski definition) is 4. The first-order valence-electron chi connectivity index (χ1n) is 9.15. The Balaban J connectivity index is 1.69. The van der Waals surface area contributed by atoms with Crippen molar-refractivity contribution in [3.8, 4) is 0 Å². The maximum atomic E-state index is 12.7. The van der Waals surface area contributed by atoms with Crippen molar-refractivity contribution < 1.29 is 9.59 Å². The van der Waals surface area contributed by atoms with Crippen LogP contribution in [-0.4, -0.2) is 57.3 Å². The molecule has 0 spiro atoms. The molecule has 1 atom stereocenters. The van der Waals surface area contributed by atoms with E-state index in [4.69, 9.17) is 0 Å². The molecule has 0 unspecified atom stereocenters. The second kappa shape index (κ2) is 7.37. The number of amides is 2. The third-order valence-corrected chi connectivity index (χ3v) is 5.23. The maximum absolute atomic E-state index is 12.7. The summed E-state index contributed by atoms with van der Waals surface area (Å²) in [5.74, 6) is 0.784. The summed E-state index contributed by atoms with van der Waals surface area (Å²) in [7, 11) is 0. The third-order valence-electron chi connectivity index (χ3n) is 5.23. The zero-order chi connectivity index (χ0) is 18.0. The number of nitrogens with one attached hydrogen (secondary N) is 1. The van der Waals surface area contributed by atoms with Crippen molar-refractivity contribution in [3.63, 3.8) is 0 Å². The largest absolute Gasteiger partial charge is 0.340 e. The molecule has 1 N–H and O–H groups in total. The molecule has 2 aliphatic heterocycles. The summed E-state index contributed by atoms with van der Waals surface area (Å²) in [6.45, 7) is 5.76. The molecule has 2 amide bonds. The normalized spacial score (nSPS) is 21.0. The third kappa shape index (κ3) is 3.75. The summed E-state index contributed by atoms with van der Waals surface area (Å²) in [6, 6.07) is 0.118. The molecule has 7 nitrogen and oxygen atoms in total. The number of rotatable bonds is 4. The van der Waals surface area contributed by atoms with Crippen LogP contribution in [0.3, 0.4) is 0 Å². The van der Waals surface area contributed by atoms with Crippen LogP contribution in [0.5, 0.6) is 0 Å². The van der Waals surface area contributed by atoms with Crippen LogP contribution in [0.25, 0.3) is 0 Å². The fourth-order valence-corrected chi connectivity index (χ4v) is 3.80. The Morgan fingerprint density at radius 2 is 2.08 bits per heavy atom. The van der Waals surface area contributed by atoms with E-state index in [1.54, 1.807) is 11.8 Å². The number of nitrogens with zero attached hydrogens (tertiary/aromatic N) is 3. The van der Waals surface area contributed by atoms with Crippen molar-refractivity contribution in [1.29, 1.82) is 0 Å². The van der Waals surface area contributed by atoms with Gasteiger partial charge in [-0.15, -0.1) is 0 Å². The fraction of sp³-hybridized carbons (Fsp3) is 0.667. The molecule has 3 heterocycles. The van der Waals surface area contributed by atoms with Crippen molar-refractivity contribution in [1.82, 2.24) is 19.8 Å². The monoisotopic (exact) mass is 346 g/mol. The average Bonchev–Trinajstić information content (AvgIpc) is 3.03. The van der Waals surface area contributed by atoms with E-state index in [0.717, 1.165) is 25.8 Å². The Hall–Kier alpha value is -2.18. The molecule has 0 saturated carbocycles. The number of aromatic nitrogens is 2. The highest BCUT2D eigenvalue weighted by molar-refractivity contribution is 5.80. The van der Waals surface area contributed by atoms with Crippen LogP contribution < -0.4 is 5.56 Å². The Morgan fingerprint density at radius 3 is 2.72 bits per heavy atom. The van der Waals surface area contributed by atoms with E-state index in [-0.39, 0.29) is 29.8 Å². The Kier molecular flexibility index (Phi) is 5.20. The van der Waals surface area contributed by atoms with Gasteiger partial charge in [0.2, 0.25) is 11.8 Å². The smallest absolute Gasteiger partial charge is 0.254 e. The minimum atomic E-state index is -0.221. The number of carbonyl (C=O) groups is 2. The first kappa shape index (κ1) is 17.6. The number of aryl methyl sites for hydroxylation is 2. The van der Waals surface area contributed by atoms with Gasteiger partial charge in [0.1, 0.15) is 5.82 Å². The highest BCUT2D eigenvalue weighted by atomic mass is 16.2. The summed E-state index contributed by atoms with van der Waals surface area (Å²) in [6.07, 6.45) is 4.09. The van der Waals surface area contributed by atoms with Crippen LogP contribution >= 0.6 is 0 Å². The van der Waals surface area contributed by atoms with Gasteiger partial charge in [0, 0.05) is 49.8 Å². The molecule has 0 aromatic carbocycles. The molecule has 2 fully saturated rings. The quantitative estimate of drug-likeness (QED) is 0.873. The van der Waals surface area contributed by atoms with Gasteiger partial charge in [-0.05, 0) is 26.2 Å². The van der Waals surface area contributed by atoms with Crippen LogP contribution in [0.1, 0.15) is 49.7 Å². The molecule has 1 aromatic heterocycles. The number of carbonyl (C=O) groups excluding carboxylic acids is 2. The van der Waals surface area contributed by atoms with Gasteiger partial charge in [0.15, 0.2) is 0 Å². The van der Waals surface area contributed by atoms with Crippen LogP contribution in [0.4, 0.5) is 0 Å². The molecule has 7 heteroatoms. The van der Waals surface area contributed by atoms with Gasteiger partial charge in [-0.1, -0.05) is 6.92 Å². The fourth-order valence-electron chi connectivity index (χ4n) is 3.80. The molecule has 0 radical (unpaired) electrons. The van der Waals surface area contributed by atoms with E-state index in [2.05, 4.69) is 9.97 Å². The number of hydrogen-bond donors (Lipinski definition) is 1. The average molecular weight is 346 g/mol. The second-order valence-corrected chi connectivity index (χ2v) is 6.93. The van der Waals surface area contributed by atoms with Crippen LogP contribution in [0, 0.1) is 6.92 Å². The zero-order valence-electron chi connectivity index (χ0n) is 15.0. The number of aromatic amines is 1. The zero-order valence-corrected chi connectivity index (χ0v) is 15.0. The molecule has 3 rings (SSSR count). The lowest BCUT2D eigenvalue weighted by atomic mass is 10.0. The minimum Gasteiger partial charge on any atom is -0.340 e. The van der Waals surface area contributed by atoms with Gasteiger partial charge in [0.05, 0.1) is 6.42 Å². The Bertz CT molecular complexity index is 728. The van der Waals surface area contributed by atoms with Gasteiger partial charge in [-0.3, -0.25) is 14.4 Å². The van der Waals surface area contributed by atoms with Gasteiger partial charge in [-0.2, -0.15) is 0 Å². The first-order valence-corrected chi connectivity index (χ1v) is 9.15. The lowest BCUT2D eigenvalue weighted by Crippen LogP contribution is -2.50. The summed E-state index contributed by atoms with van der Waals surface area (Å²) in [5.41, 5.74) is 0.847. The van der Waals surface area contributed by atoms with Crippen molar-refractivity contribution in [2.45, 2.75) is 58.4 Å². The molecule has 1 aromatic rings. The predicted molar refractivity (Wildman–Crippen MR) is 93.2 cm³/mol. The van der Waals surface area contributed by atoms with Gasteiger partial charge >= 0.3 is 0 Å². The molecule has 2 aliphatic rings. The summed E-state index contributed by atoms with van der Waals surface area (Å²) in [4.78, 5) is 47.7. The summed E-state index contributed by atoms with van der Waals surface area (Å²) < 4.78 is 0. The molecule has 136 valence electrons. The summed E-state index contributed by atoms with van der Waals surface area (Å²) >= 11 is 0. The van der Waals surface area contributed by atoms with Crippen molar-refractivity contribution in [2.24, 2.45) is 0 Å². The number of H-pyrrole nitrogens is 1. The van der Waals surface area contributed by atoms with Crippen molar-refractivity contribution in [3.05, 3.63) is 27.4 Å². The van der Waals surface area contributed by atoms with Crippen LogP contribution in [0.15, 0.2) is 4.79 Å². The SMILES string of the molecule is CCc1nc(C)c(CC(=O)N2CCC[C@@H](N3CCCC3=O)C2)c(=O)[nH]1. The van der Waals surface area contributed by atoms with E-state index < -0.39 is 0 Å². The molecular weight excluding hydrogens is 320 g/mol. The molecule has 25 heavy (non-hydrogen) atoms. The molecule has 0 aliphatic carbocycles. The van der Waals surface area contributed by atoms with Crippen molar-refractivity contribution >= 4 is 11.8 Å². The van der Waals surface area contributed by atoms with Crippen LogP contribution in [-0.2, 0) is 22.4 Å². The summed E-state index contributed by atoms with van der Waals surface area (Å²) in [5, 5.41) is 0. The van der Waals surface area contributed by atoms with E-state index in [0.29, 0.717) is 43.0 Å². The van der Waals surface area contributed by atoms with Crippen LogP contribution in [0.2, 0.25) is 0 Å². The molecule has 0 bridgehead atoms. The first-order chi connectivity index (χ1) is 12.0. The highest BCUT2D eigenvalue weighted by Gasteiger charge is 2.33. The van der Waals surface area contributed by atoms with Gasteiger partial charge in [0.25, 0.3) is 5.56 Å². The topological polar surface area (TPSA) is 86.4 Å². The molecular formula is C18H26N4O3. The molecule has 2 saturated heterocycles. The standard InChI is InChI=1S/C18H26N4O3/c1-3-15-19-12(2)14(18(25)20-15)10-17(24)21-8-4-6-13(11-21)22-9-5-7-16(22)23/h13H,3-11H2,1-2H3,(H,19,20,25)/t13-/m1/s1. The van der Waals surface area contributed by atoms with Gasteiger partial charge in [-0.25, -0.2) is 4.98 Å². The Labute approximate surface area is 147 Å². The Morgan fingerprint density at radius 1 is 1.28 bits per heavy atom. The highest BCUT2D eigenvalue weighted by Crippen LogP contribution is 2.22. The minimum absolute atomic E-state index is 0.0593. The lowest BCUT2D eigenvalue weighted by molar-refractivity contribution is -0.137. The van der Waals surface area contributed by atoms with E-state index in [1.807, 2.05) is 11.8 Å². The van der Waals surface area contributed by atoms with Gasteiger partial charge < -0.3 is 14.8 Å². The van der Waals surface area contributed by atoms with E-state index in [9.17, 15) is 14.4 Å². The van der Waals surface area contributed by atoms with E-state index in [1.165, 1.54) is 0 Å². The number of piperidine rings is 1. The van der Waals surface area contributed by atoms with E-state index >= 15 is 0 Å².